The largest absolute Gasteiger partial charge is 0.465 e. The third-order valence-corrected chi connectivity index (χ3v) is 3.81. The molecule has 0 fully saturated rings. The van der Waals surface area contributed by atoms with E-state index in [1.54, 1.807) is 18.2 Å². The highest BCUT2D eigenvalue weighted by molar-refractivity contribution is 14.1. The number of esters is 1. The van der Waals surface area contributed by atoms with Crippen molar-refractivity contribution in [2.24, 2.45) is 0 Å². The van der Waals surface area contributed by atoms with Crippen LogP contribution in [-0.4, -0.2) is 23.0 Å². The summed E-state index contributed by atoms with van der Waals surface area (Å²) in [7, 11) is 1.36. The molecule has 22 heavy (non-hydrogen) atoms. The fourth-order valence-electron chi connectivity index (χ4n) is 2.11. The summed E-state index contributed by atoms with van der Waals surface area (Å²) in [4.78, 5) is 20.1. The summed E-state index contributed by atoms with van der Waals surface area (Å²) in [6.07, 6.45) is 1.52. The lowest BCUT2D eigenvalue weighted by molar-refractivity contribution is 0.0601. The summed E-state index contributed by atoms with van der Waals surface area (Å²) in [6, 6.07) is 13.1. The van der Waals surface area contributed by atoms with E-state index in [2.05, 4.69) is 37.9 Å². The molecule has 0 aliphatic heterocycles. The molecule has 3 aromatic rings. The van der Waals surface area contributed by atoms with Crippen LogP contribution in [0, 0.1) is 3.57 Å². The third kappa shape index (κ3) is 3.01. The number of hydrogen-bond donors (Lipinski definition) is 1. The van der Waals surface area contributed by atoms with E-state index in [-0.39, 0.29) is 5.97 Å². The van der Waals surface area contributed by atoms with Gasteiger partial charge < -0.3 is 10.1 Å². The number of halogens is 1. The zero-order valence-electron chi connectivity index (χ0n) is 11.7. The second kappa shape index (κ2) is 6.27. The standard InChI is InChI=1S/C16H12IN3O2/c1-22-16(21)10-3-2-4-12(7-10)20-15-13-8-11(17)5-6-14(13)18-9-19-15/h2-9H,1H3,(H,18,19,20). The molecule has 1 aromatic heterocycles. The minimum atomic E-state index is -0.370. The number of nitrogens with zero attached hydrogens (tertiary/aromatic N) is 2. The van der Waals surface area contributed by atoms with Crippen molar-refractivity contribution in [3.63, 3.8) is 0 Å². The Morgan fingerprint density at radius 1 is 1.18 bits per heavy atom. The van der Waals surface area contributed by atoms with Gasteiger partial charge in [-0.15, -0.1) is 0 Å². The van der Waals surface area contributed by atoms with Crippen molar-refractivity contribution in [2.45, 2.75) is 0 Å². The van der Waals surface area contributed by atoms with Gasteiger partial charge in [0.05, 0.1) is 18.2 Å². The second-order valence-electron chi connectivity index (χ2n) is 4.58. The van der Waals surface area contributed by atoms with E-state index in [9.17, 15) is 4.79 Å². The molecule has 0 aliphatic rings. The molecule has 0 aliphatic carbocycles. The predicted molar refractivity (Wildman–Crippen MR) is 93.3 cm³/mol. The van der Waals surface area contributed by atoms with Crippen LogP contribution in [0.15, 0.2) is 48.8 Å². The molecule has 2 aromatic carbocycles. The van der Waals surface area contributed by atoms with Gasteiger partial charge in [0, 0.05) is 14.6 Å². The maximum atomic E-state index is 11.6. The summed E-state index contributed by atoms with van der Waals surface area (Å²) in [6.45, 7) is 0. The van der Waals surface area contributed by atoms with Gasteiger partial charge in [-0.3, -0.25) is 0 Å². The van der Waals surface area contributed by atoms with E-state index in [1.807, 2.05) is 24.3 Å². The van der Waals surface area contributed by atoms with Crippen LogP contribution in [0.25, 0.3) is 10.9 Å². The molecule has 3 rings (SSSR count). The van der Waals surface area contributed by atoms with Gasteiger partial charge in [0.2, 0.25) is 0 Å². The molecule has 6 heteroatoms. The molecule has 1 heterocycles. The van der Waals surface area contributed by atoms with Crippen molar-refractivity contribution in [1.82, 2.24) is 9.97 Å². The van der Waals surface area contributed by atoms with Crippen LogP contribution in [0.4, 0.5) is 11.5 Å². The molecule has 0 unspecified atom stereocenters. The quantitative estimate of drug-likeness (QED) is 0.531. The average Bonchev–Trinajstić information content (AvgIpc) is 2.55. The molecular formula is C16H12IN3O2. The van der Waals surface area contributed by atoms with E-state index in [0.29, 0.717) is 11.4 Å². The summed E-state index contributed by atoms with van der Waals surface area (Å²) in [5.74, 6) is 0.330. The van der Waals surface area contributed by atoms with Gasteiger partial charge in [-0.1, -0.05) is 6.07 Å². The summed E-state index contributed by atoms with van der Waals surface area (Å²) in [5.41, 5.74) is 2.12. The fraction of sp³-hybridized carbons (Fsp3) is 0.0625. The Morgan fingerprint density at radius 3 is 2.86 bits per heavy atom. The van der Waals surface area contributed by atoms with Gasteiger partial charge in [-0.05, 0) is 59.0 Å². The van der Waals surface area contributed by atoms with E-state index < -0.39 is 0 Å². The predicted octanol–water partition coefficient (Wildman–Crippen LogP) is 3.76. The minimum absolute atomic E-state index is 0.370. The second-order valence-corrected chi connectivity index (χ2v) is 5.83. The fourth-order valence-corrected chi connectivity index (χ4v) is 2.60. The Labute approximate surface area is 140 Å². The lowest BCUT2D eigenvalue weighted by Gasteiger charge is -2.09. The smallest absolute Gasteiger partial charge is 0.337 e. The van der Waals surface area contributed by atoms with Crippen molar-refractivity contribution in [1.29, 1.82) is 0 Å². The van der Waals surface area contributed by atoms with Gasteiger partial charge in [-0.2, -0.15) is 0 Å². The van der Waals surface area contributed by atoms with Crippen LogP contribution < -0.4 is 5.32 Å². The number of ether oxygens (including phenoxy) is 1. The van der Waals surface area contributed by atoms with Gasteiger partial charge >= 0.3 is 5.97 Å². The number of fused-ring (bicyclic) bond motifs is 1. The molecule has 0 atom stereocenters. The van der Waals surface area contributed by atoms with Crippen LogP contribution in [0.3, 0.4) is 0 Å². The van der Waals surface area contributed by atoms with E-state index in [4.69, 9.17) is 4.74 Å². The molecule has 0 saturated carbocycles. The Bertz CT molecular complexity index is 852. The van der Waals surface area contributed by atoms with Crippen molar-refractivity contribution < 1.29 is 9.53 Å². The van der Waals surface area contributed by atoms with E-state index in [1.165, 1.54) is 13.4 Å². The summed E-state index contributed by atoms with van der Waals surface area (Å²) < 4.78 is 5.84. The van der Waals surface area contributed by atoms with Crippen molar-refractivity contribution >= 4 is 51.0 Å². The Hall–Kier alpha value is -2.22. The molecule has 0 amide bonds. The normalized spacial score (nSPS) is 10.5. The van der Waals surface area contributed by atoms with Gasteiger partial charge in [0.25, 0.3) is 0 Å². The van der Waals surface area contributed by atoms with Crippen LogP contribution in [0.2, 0.25) is 0 Å². The summed E-state index contributed by atoms with van der Waals surface area (Å²) in [5, 5.41) is 4.16. The molecule has 0 saturated heterocycles. The van der Waals surface area contributed by atoms with Gasteiger partial charge in [0.15, 0.2) is 0 Å². The van der Waals surface area contributed by atoms with Crippen LogP contribution in [0.5, 0.6) is 0 Å². The van der Waals surface area contributed by atoms with Crippen molar-refractivity contribution in [3.05, 3.63) is 57.9 Å². The lowest BCUT2D eigenvalue weighted by Crippen LogP contribution is -2.02. The molecule has 5 nitrogen and oxygen atoms in total. The Balaban J connectivity index is 2.00. The number of nitrogens with one attached hydrogen (secondary N) is 1. The van der Waals surface area contributed by atoms with E-state index in [0.717, 1.165) is 20.2 Å². The number of aromatic nitrogens is 2. The average molecular weight is 405 g/mol. The number of anilines is 2. The number of rotatable bonds is 3. The highest BCUT2D eigenvalue weighted by atomic mass is 127. The van der Waals surface area contributed by atoms with Crippen molar-refractivity contribution in [2.75, 3.05) is 12.4 Å². The number of hydrogen-bond acceptors (Lipinski definition) is 5. The molecule has 110 valence electrons. The topological polar surface area (TPSA) is 64.1 Å². The Morgan fingerprint density at radius 2 is 2.05 bits per heavy atom. The first-order chi connectivity index (χ1) is 10.7. The first-order valence-corrected chi connectivity index (χ1v) is 7.61. The maximum absolute atomic E-state index is 11.6. The molecule has 1 N–H and O–H groups in total. The maximum Gasteiger partial charge on any atom is 0.337 e. The SMILES string of the molecule is COC(=O)c1cccc(Nc2ncnc3ccc(I)cc23)c1. The number of methoxy groups -OCH3 is 1. The van der Waals surface area contributed by atoms with E-state index >= 15 is 0 Å². The Kier molecular flexibility index (Phi) is 4.19. The minimum Gasteiger partial charge on any atom is -0.465 e. The van der Waals surface area contributed by atoms with Crippen LogP contribution >= 0.6 is 22.6 Å². The number of carbonyl (C=O) groups excluding carboxylic acids is 1. The zero-order chi connectivity index (χ0) is 15.5. The zero-order valence-corrected chi connectivity index (χ0v) is 13.9. The molecule has 0 bridgehead atoms. The van der Waals surface area contributed by atoms with Gasteiger partial charge in [-0.25, -0.2) is 14.8 Å². The molecule has 0 radical (unpaired) electrons. The highest BCUT2D eigenvalue weighted by Gasteiger charge is 2.08. The van der Waals surface area contributed by atoms with Crippen LogP contribution in [-0.2, 0) is 4.74 Å². The van der Waals surface area contributed by atoms with Gasteiger partial charge in [0.1, 0.15) is 12.1 Å². The lowest BCUT2D eigenvalue weighted by atomic mass is 10.2. The third-order valence-electron chi connectivity index (χ3n) is 3.14. The first-order valence-electron chi connectivity index (χ1n) is 6.53. The number of carbonyl (C=O) groups is 1. The summed E-state index contributed by atoms with van der Waals surface area (Å²) >= 11 is 2.25. The monoisotopic (exact) mass is 405 g/mol. The van der Waals surface area contributed by atoms with Crippen molar-refractivity contribution in [3.8, 4) is 0 Å². The molecular weight excluding hydrogens is 393 g/mol. The first kappa shape index (κ1) is 14.7. The number of benzene rings is 2. The highest BCUT2D eigenvalue weighted by Crippen LogP contribution is 2.25. The molecule has 0 spiro atoms. The van der Waals surface area contributed by atoms with Crippen LogP contribution in [0.1, 0.15) is 10.4 Å².